The van der Waals surface area contributed by atoms with Crippen LogP contribution in [0.15, 0.2) is 60.2 Å². The molecule has 0 aliphatic rings. The van der Waals surface area contributed by atoms with Gasteiger partial charge < -0.3 is 15.4 Å². The SMILES string of the molecule is CC(C)(C)OC(=O)CCC(C)(CNC(=O)c1ccccc1)c1csc(Nc2cccnc2)n1. The molecule has 1 aromatic carbocycles. The lowest BCUT2D eigenvalue weighted by Gasteiger charge is -2.29. The number of benzene rings is 1. The number of rotatable bonds is 9. The molecule has 0 fully saturated rings. The van der Waals surface area contributed by atoms with E-state index < -0.39 is 11.0 Å². The number of amides is 1. The van der Waals surface area contributed by atoms with E-state index in [0.717, 1.165) is 16.5 Å². The number of aromatic nitrogens is 2. The van der Waals surface area contributed by atoms with Crippen LogP contribution in [0.1, 0.15) is 56.6 Å². The molecule has 174 valence electrons. The first-order valence-electron chi connectivity index (χ1n) is 10.8. The van der Waals surface area contributed by atoms with Crippen molar-refractivity contribution in [3.63, 3.8) is 0 Å². The average molecular weight is 467 g/mol. The maximum atomic E-state index is 12.7. The minimum atomic E-state index is -0.563. The standard InChI is InChI=1S/C25H30N4O3S/c1-24(2,3)32-21(30)12-13-25(4,17-27-22(31)18-9-6-5-7-10-18)20-16-33-23(29-20)28-19-11-8-14-26-15-19/h5-11,14-16H,12-13,17H2,1-4H3,(H,27,31)(H,28,29). The lowest BCUT2D eigenvalue weighted by Crippen LogP contribution is -2.39. The number of anilines is 2. The number of pyridine rings is 1. The third kappa shape index (κ3) is 7.39. The number of nitrogens with one attached hydrogen (secondary N) is 2. The van der Waals surface area contributed by atoms with Crippen LogP contribution in [0.5, 0.6) is 0 Å². The van der Waals surface area contributed by atoms with Crippen molar-refractivity contribution in [1.82, 2.24) is 15.3 Å². The predicted octanol–water partition coefficient (Wildman–Crippen LogP) is 5.09. The van der Waals surface area contributed by atoms with E-state index in [4.69, 9.17) is 9.72 Å². The zero-order valence-corrected chi connectivity index (χ0v) is 20.2. The monoisotopic (exact) mass is 466 g/mol. The Morgan fingerprint density at radius 3 is 2.48 bits per heavy atom. The largest absolute Gasteiger partial charge is 0.460 e. The zero-order chi connectivity index (χ0) is 23.9. The molecule has 2 N–H and O–H groups in total. The summed E-state index contributed by atoms with van der Waals surface area (Å²) in [6, 6.07) is 12.8. The number of hydrogen-bond donors (Lipinski definition) is 2. The smallest absolute Gasteiger partial charge is 0.306 e. The molecule has 0 saturated carbocycles. The topological polar surface area (TPSA) is 93.2 Å². The van der Waals surface area contributed by atoms with Gasteiger partial charge in [0.05, 0.1) is 17.6 Å². The normalized spacial score (nSPS) is 13.1. The second kappa shape index (κ2) is 10.6. The maximum absolute atomic E-state index is 12.7. The van der Waals surface area contributed by atoms with E-state index in [9.17, 15) is 9.59 Å². The minimum Gasteiger partial charge on any atom is -0.460 e. The third-order valence-corrected chi connectivity index (χ3v) is 5.77. The highest BCUT2D eigenvalue weighted by Gasteiger charge is 2.32. The fourth-order valence-corrected chi connectivity index (χ4v) is 4.10. The molecule has 1 atom stereocenters. The highest BCUT2D eigenvalue weighted by molar-refractivity contribution is 7.13. The summed E-state index contributed by atoms with van der Waals surface area (Å²) in [7, 11) is 0. The number of carbonyl (C=O) groups is 2. The first-order valence-corrected chi connectivity index (χ1v) is 11.7. The molecule has 0 aliphatic carbocycles. The third-order valence-electron chi connectivity index (χ3n) is 5.01. The van der Waals surface area contributed by atoms with Crippen LogP contribution >= 0.6 is 11.3 Å². The van der Waals surface area contributed by atoms with Gasteiger partial charge in [0, 0.05) is 35.5 Å². The molecule has 1 unspecified atom stereocenters. The van der Waals surface area contributed by atoms with Gasteiger partial charge in [-0.2, -0.15) is 0 Å². The fourth-order valence-electron chi connectivity index (χ4n) is 3.21. The first kappa shape index (κ1) is 24.4. The van der Waals surface area contributed by atoms with Crippen LogP contribution in [0.4, 0.5) is 10.8 Å². The van der Waals surface area contributed by atoms with Crippen molar-refractivity contribution in [3.05, 3.63) is 71.5 Å². The van der Waals surface area contributed by atoms with E-state index in [1.54, 1.807) is 24.5 Å². The van der Waals surface area contributed by atoms with Gasteiger partial charge in [0.2, 0.25) is 0 Å². The summed E-state index contributed by atoms with van der Waals surface area (Å²) < 4.78 is 5.48. The number of ether oxygens (including phenoxy) is 1. The molecule has 0 bridgehead atoms. The summed E-state index contributed by atoms with van der Waals surface area (Å²) >= 11 is 1.47. The van der Waals surface area contributed by atoms with Crippen LogP contribution in [0.3, 0.4) is 0 Å². The molecule has 0 aliphatic heterocycles. The molecule has 1 amide bonds. The molecular formula is C25H30N4O3S. The Bertz CT molecular complexity index is 1060. The van der Waals surface area contributed by atoms with Gasteiger partial charge in [-0.15, -0.1) is 11.3 Å². The molecular weight excluding hydrogens is 436 g/mol. The van der Waals surface area contributed by atoms with E-state index in [1.165, 1.54) is 11.3 Å². The Kier molecular flexibility index (Phi) is 7.81. The van der Waals surface area contributed by atoms with Gasteiger partial charge >= 0.3 is 5.97 Å². The average Bonchev–Trinajstić information content (AvgIpc) is 3.25. The van der Waals surface area contributed by atoms with Gasteiger partial charge in [0.15, 0.2) is 5.13 Å². The summed E-state index contributed by atoms with van der Waals surface area (Å²) in [4.78, 5) is 33.9. The molecule has 0 radical (unpaired) electrons. The molecule has 0 saturated heterocycles. The van der Waals surface area contributed by atoms with E-state index in [1.807, 2.05) is 63.4 Å². The van der Waals surface area contributed by atoms with E-state index in [2.05, 4.69) is 15.6 Å². The van der Waals surface area contributed by atoms with Crippen molar-refractivity contribution in [2.45, 2.75) is 51.6 Å². The van der Waals surface area contributed by atoms with Crippen LogP contribution in [-0.2, 0) is 14.9 Å². The molecule has 7 nitrogen and oxygen atoms in total. The Hall–Kier alpha value is -3.26. The van der Waals surface area contributed by atoms with Gasteiger partial charge in [0.25, 0.3) is 5.91 Å². The Morgan fingerprint density at radius 2 is 1.82 bits per heavy atom. The number of carbonyl (C=O) groups excluding carboxylic acids is 2. The maximum Gasteiger partial charge on any atom is 0.306 e. The van der Waals surface area contributed by atoms with Crippen molar-refractivity contribution < 1.29 is 14.3 Å². The summed E-state index contributed by atoms with van der Waals surface area (Å²) in [6.45, 7) is 7.88. The molecule has 8 heteroatoms. The Labute approximate surface area is 198 Å². The Balaban J connectivity index is 1.75. The second-order valence-corrected chi connectivity index (χ2v) is 9.96. The van der Waals surface area contributed by atoms with E-state index in [0.29, 0.717) is 18.5 Å². The highest BCUT2D eigenvalue weighted by Crippen LogP contribution is 2.32. The summed E-state index contributed by atoms with van der Waals surface area (Å²) in [6.07, 6.45) is 4.13. The highest BCUT2D eigenvalue weighted by atomic mass is 32.1. The van der Waals surface area contributed by atoms with Crippen LogP contribution in [0.2, 0.25) is 0 Å². The summed E-state index contributed by atoms with van der Waals surface area (Å²) in [5.74, 6) is -0.435. The zero-order valence-electron chi connectivity index (χ0n) is 19.4. The fraction of sp³-hybridized carbons (Fsp3) is 0.360. The lowest BCUT2D eigenvalue weighted by atomic mass is 9.82. The molecule has 33 heavy (non-hydrogen) atoms. The van der Waals surface area contributed by atoms with Crippen LogP contribution in [-0.4, -0.2) is 34.0 Å². The number of thiazole rings is 1. The van der Waals surface area contributed by atoms with Crippen molar-refractivity contribution in [2.24, 2.45) is 0 Å². The second-order valence-electron chi connectivity index (χ2n) is 9.10. The molecule has 3 rings (SSSR count). The van der Waals surface area contributed by atoms with Crippen molar-refractivity contribution in [3.8, 4) is 0 Å². The van der Waals surface area contributed by atoms with Gasteiger partial charge in [-0.3, -0.25) is 14.6 Å². The lowest BCUT2D eigenvalue weighted by molar-refractivity contribution is -0.155. The van der Waals surface area contributed by atoms with Crippen LogP contribution < -0.4 is 10.6 Å². The van der Waals surface area contributed by atoms with Gasteiger partial charge in [-0.25, -0.2) is 4.98 Å². The van der Waals surface area contributed by atoms with E-state index in [-0.39, 0.29) is 18.3 Å². The first-order chi connectivity index (χ1) is 15.6. The van der Waals surface area contributed by atoms with Crippen LogP contribution in [0, 0.1) is 0 Å². The van der Waals surface area contributed by atoms with Crippen molar-refractivity contribution in [2.75, 3.05) is 11.9 Å². The summed E-state index contributed by atoms with van der Waals surface area (Å²) in [5, 5.41) is 8.94. The molecule has 3 aromatic rings. The van der Waals surface area contributed by atoms with E-state index >= 15 is 0 Å². The van der Waals surface area contributed by atoms with Gasteiger partial charge in [-0.1, -0.05) is 25.1 Å². The van der Waals surface area contributed by atoms with Crippen molar-refractivity contribution >= 4 is 34.0 Å². The molecule has 2 heterocycles. The number of hydrogen-bond acceptors (Lipinski definition) is 7. The number of nitrogens with zero attached hydrogens (tertiary/aromatic N) is 2. The predicted molar refractivity (Wildman–Crippen MR) is 131 cm³/mol. The van der Waals surface area contributed by atoms with Crippen molar-refractivity contribution in [1.29, 1.82) is 0 Å². The molecule has 0 spiro atoms. The van der Waals surface area contributed by atoms with Gasteiger partial charge in [-0.05, 0) is 51.5 Å². The minimum absolute atomic E-state index is 0.164. The van der Waals surface area contributed by atoms with Gasteiger partial charge in [0.1, 0.15) is 5.60 Å². The number of esters is 1. The quantitative estimate of drug-likeness (QED) is 0.427. The Morgan fingerprint density at radius 1 is 1.06 bits per heavy atom. The van der Waals surface area contributed by atoms with Crippen LogP contribution in [0.25, 0.3) is 0 Å². The molecule has 2 aromatic heterocycles. The summed E-state index contributed by atoms with van der Waals surface area (Å²) in [5.41, 5.74) is 1.12.